The first-order valence-electron chi connectivity index (χ1n) is 7.15. The van der Waals surface area contributed by atoms with Crippen LogP contribution >= 0.6 is 0 Å². The molecule has 1 N–H and O–H groups in total. The average molecular weight is 292 g/mol. The minimum atomic E-state index is -0.226. The molecule has 21 heavy (non-hydrogen) atoms. The van der Waals surface area contributed by atoms with Gasteiger partial charge >= 0.3 is 0 Å². The van der Waals surface area contributed by atoms with Crippen molar-refractivity contribution in [3.05, 3.63) is 18.5 Å². The lowest BCUT2D eigenvalue weighted by Gasteiger charge is -2.23. The Bertz CT molecular complexity index is 498. The maximum absolute atomic E-state index is 11.9. The Morgan fingerprint density at radius 1 is 1.57 bits per heavy atom. The lowest BCUT2D eigenvalue weighted by atomic mass is 9.97. The van der Waals surface area contributed by atoms with Crippen molar-refractivity contribution in [2.75, 3.05) is 38.7 Å². The Hall–Kier alpha value is -1.73. The molecule has 2 saturated heterocycles. The lowest BCUT2D eigenvalue weighted by Crippen LogP contribution is -2.37. The van der Waals surface area contributed by atoms with Crippen molar-refractivity contribution < 1.29 is 14.3 Å². The molecule has 3 heterocycles. The summed E-state index contributed by atoms with van der Waals surface area (Å²) >= 11 is 0. The highest BCUT2D eigenvalue weighted by Gasteiger charge is 2.46. The highest BCUT2D eigenvalue weighted by Crippen LogP contribution is 2.35. The van der Waals surface area contributed by atoms with Crippen LogP contribution < -0.4 is 5.32 Å². The molecule has 7 nitrogen and oxygen atoms in total. The molecule has 2 fully saturated rings. The van der Waals surface area contributed by atoms with E-state index in [-0.39, 0.29) is 24.2 Å². The molecular weight excluding hydrogens is 272 g/mol. The van der Waals surface area contributed by atoms with E-state index in [1.165, 1.54) is 7.11 Å². The van der Waals surface area contributed by atoms with E-state index in [1.807, 2.05) is 4.90 Å². The monoisotopic (exact) mass is 292 g/mol. The van der Waals surface area contributed by atoms with Crippen LogP contribution in [0.15, 0.2) is 18.5 Å². The van der Waals surface area contributed by atoms with Gasteiger partial charge in [-0.05, 0) is 12.5 Å². The van der Waals surface area contributed by atoms with Crippen molar-refractivity contribution in [3.63, 3.8) is 0 Å². The van der Waals surface area contributed by atoms with Crippen molar-refractivity contribution in [1.82, 2.24) is 14.9 Å². The second kappa shape index (κ2) is 5.95. The standard InChI is InChI=1S/C14H20N4O3/c1-20-9-12(19)18-6-3-14(10-18)7-11(8-21-14)17-13-15-4-2-5-16-13/h2,4-5,11H,3,6-10H2,1H3,(H,15,16,17)/t11-,14+/m1/s1. The number of methoxy groups -OCH3 is 1. The fourth-order valence-electron chi connectivity index (χ4n) is 3.05. The van der Waals surface area contributed by atoms with Gasteiger partial charge in [-0.2, -0.15) is 0 Å². The third-order valence-corrected chi connectivity index (χ3v) is 4.04. The molecule has 1 amide bonds. The molecule has 0 aliphatic carbocycles. The van der Waals surface area contributed by atoms with E-state index in [4.69, 9.17) is 9.47 Å². The van der Waals surface area contributed by atoms with Gasteiger partial charge in [0.2, 0.25) is 11.9 Å². The van der Waals surface area contributed by atoms with Crippen molar-refractivity contribution in [3.8, 4) is 0 Å². The van der Waals surface area contributed by atoms with Gasteiger partial charge in [0.15, 0.2) is 0 Å². The SMILES string of the molecule is COCC(=O)N1CC[C@]2(C[C@@H](Nc3ncccn3)CO2)C1. The number of aromatic nitrogens is 2. The van der Waals surface area contributed by atoms with E-state index in [9.17, 15) is 4.79 Å². The highest BCUT2D eigenvalue weighted by molar-refractivity contribution is 5.77. The summed E-state index contributed by atoms with van der Waals surface area (Å²) in [4.78, 5) is 22.0. The van der Waals surface area contributed by atoms with Gasteiger partial charge < -0.3 is 19.7 Å². The molecule has 0 saturated carbocycles. The van der Waals surface area contributed by atoms with E-state index in [0.717, 1.165) is 19.4 Å². The number of hydrogen-bond donors (Lipinski definition) is 1. The van der Waals surface area contributed by atoms with E-state index in [2.05, 4.69) is 15.3 Å². The van der Waals surface area contributed by atoms with Crippen LogP contribution in [0.1, 0.15) is 12.8 Å². The summed E-state index contributed by atoms with van der Waals surface area (Å²) < 4.78 is 10.9. The molecule has 0 radical (unpaired) electrons. The molecule has 7 heteroatoms. The first-order valence-corrected chi connectivity index (χ1v) is 7.15. The summed E-state index contributed by atoms with van der Waals surface area (Å²) in [5, 5.41) is 3.29. The zero-order valence-corrected chi connectivity index (χ0v) is 12.1. The summed E-state index contributed by atoms with van der Waals surface area (Å²) in [7, 11) is 1.54. The molecule has 0 bridgehead atoms. The van der Waals surface area contributed by atoms with Gasteiger partial charge in [-0.1, -0.05) is 0 Å². The molecule has 2 atom stereocenters. The Balaban J connectivity index is 1.56. The number of carbonyl (C=O) groups excluding carboxylic acids is 1. The van der Waals surface area contributed by atoms with Gasteiger partial charge in [-0.3, -0.25) is 4.79 Å². The summed E-state index contributed by atoms with van der Waals surface area (Å²) in [6.07, 6.45) is 5.15. The molecule has 3 rings (SSSR count). The van der Waals surface area contributed by atoms with E-state index < -0.39 is 0 Å². The number of anilines is 1. The van der Waals surface area contributed by atoms with Crippen LogP contribution in [0.25, 0.3) is 0 Å². The zero-order valence-electron chi connectivity index (χ0n) is 12.1. The number of ether oxygens (including phenoxy) is 2. The van der Waals surface area contributed by atoms with E-state index >= 15 is 0 Å². The number of rotatable bonds is 4. The predicted octanol–water partition coefficient (Wildman–Crippen LogP) is 0.295. The van der Waals surface area contributed by atoms with E-state index in [1.54, 1.807) is 18.5 Å². The first-order chi connectivity index (χ1) is 10.2. The third-order valence-electron chi connectivity index (χ3n) is 4.04. The Labute approximate surface area is 123 Å². The van der Waals surface area contributed by atoms with Crippen molar-refractivity contribution in [1.29, 1.82) is 0 Å². The molecule has 0 aromatic carbocycles. The maximum atomic E-state index is 11.9. The summed E-state index contributed by atoms with van der Waals surface area (Å²) in [5.74, 6) is 0.647. The van der Waals surface area contributed by atoms with Gasteiger partial charge in [0.1, 0.15) is 6.61 Å². The van der Waals surface area contributed by atoms with E-state index in [0.29, 0.717) is 19.1 Å². The van der Waals surface area contributed by atoms with Crippen molar-refractivity contribution >= 4 is 11.9 Å². The average Bonchev–Trinajstić information content (AvgIpc) is 3.08. The third kappa shape index (κ3) is 3.14. The quantitative estimate of drug-likeness (QED) is 0.860. The first kappa shape index (κ1) is 14.2. The van der Waals surface area contributed by atoms with Gasteiger partial charge in [0, 0.05) is 39.0 Å². The van der Waals surface area contributed by atoms with Crippen LogP contribution in [-0.2, 0) is 14.3 Å². The molecule has 1 aromatic rings. The van der Waals surface area contributed by atoms with Crippen LogP contribution in [0.4, 0.5) is 5.95 Å². The van der Waals surface area contributed by atoms with Gasteiger partial charge in [0.05, 0.1) is 18.2 Å². The maximum Gasteiger partial charge on any atom is 0.248 e. The van der Waals surface area contributed by atoms with Crippen molar-refractivity contribution in [2.24, 2.45) is 0 Å². The van der Waals surface area contributed by atoms with Gasteiger partial charge in [0.25, 0.3) is 0 Å². The second-order valence-corrected chi connectivity index (χ2v) is 5.61. The number of nitrogens with one attached hydrogen (secondary N) is 1. The minimum absolute atomic E-state index is 0.0285. The fourth-order valence-corrected chi connectivity index (χ4v) is 3.05. The normalized spacial score (nSPS) is 28.2. The number of hydrogen-bond acceptors (Lipinski definition) is 6. The fraction of sp³-hybridized carbons (Fsp3) is 0.643. The Morgan fingerprint density at radius 2 is 2.38 bits per heavy atom. The second-order valence-electron chi connectivity index (χ2n) is 5.61. The van der Waals surface area contributed by atoms with Gasteiger partial charge in [-0.15, -0.1) is 0 Å². The molecule has 114 valence electrons. The van der Waals surface area contributed by atoms with Crippen LogP contribution in [0.2, 0.25) is 0 Å². The topological polar surface area (TPSA) is 76.6 Å². The van der Waals surface area contributed by atoms with Crippen LogP contribution in [-0.4, -0.2) is 65.8 Å². The predicted molar refractivity (Wildman–Crippen MR) is 75.8 cm³/mol. The molecule has 0 unspecified atom stereocenters. The number of carbonyl (C=O) groups is 1. The zero-order chi connectivity index (χ0) is 14.7. The lowest BCUT2D eigenvalue weighted by molar-refractivity contribution is -0.135. The highest BCUT2D eigenvalue weighted by atomic mass is 16.5. The Kier molecular flexibility index (Phi) is 4.03. The largest absolute Gasteiger partial charge is 0.375 e. The van der Waals surface area contributed by atoms with Crippen LogP contribution in [0.3, 0.4) is 0 Å². The summed E-state index contributed by atoms with van der Waals surface area (Å²) in [6.45, 7) is 2.12. The van der Waals surface area contributed by atoms with Crippen molar-refractivity contribution in [2.45, 2.75) is 24.5 Å². The molecule has 1 spiro atoms. The Morgan fingerprint density at radius 3 is 3.14 bits per heavy atom. The van der Waals surface area contributed by atoms with Crippen LogP contribution in [0, 0.1) is 0 Å². The smallest absolute Gasteiger partial charge is 0.248 e. The molecule has 1 aromatic heterocycles. The summed E-state index contributed by atoms with van der Waals surface area (Å²) in [6, 6.07) is 1.97. The molecule has 2 aliphatic rings. The number of nitrogens with zero attached hydrogens (tertiary/aromatic N) is 3. The number of likely N-dealkylation sites (tertiary alicyclic amines) is 1. The van der Waals surface area contributed by atoms with Crippen LogP contribution in [0.5, 0.6) is 0 Å². The number of amides is 1. The minimum Gasteiger partial charge on any atom is -0.375 e. The summed E-state index contributed by atoms with van der Waals surface area (Å²) in [5.41, 5.74) is -0.226. The van der Waals surface area contributed by atoms with Gasteiger partial charge in [-0.25, -0.2) is 9.97 Å². The molecular formula is C14H20N4O3. The molecule has 2 aliphatic heterocycles.